The van der Waals surface area contributed by atoms with Crippen molar-refractivity contribution < 1.29 is 9.53 Å². The molecule has 1 N–H and O–H groups in total. The minimum Gasteiger partial charge on any atom is -0.465 e. The summed E-state index contributed by atoms with van der Waals surface area (Å²) in [7, 11) is 1.80. The zero-order chi connectivity index (χ0) is 15.0. The zero-order valence-corrected chi connectivity index (χ0v) is 14.6. The second kappa shape index (κ2) is 8.70. The standard InChI is InChI=1S/C15H22BrNO2S/c1-4-19-14(18)15(2,17-3)10-5-11-20-13-8-6-12(16)7-9-13/h6-9,17H,4-5,10-11H2,1-3H3. The Hall–Kier alpha value is -0.520. The predicted molar refractivity (Wildman–Crippen MR) is 88.2 cm³/mol. The van der Waals surface area contributed by atoms with Crippen LogP contribution in [0, 0.1) is 0 Å². The van der Waals surface area contributed by atoms with Crippen LogP contribution in [0.3, 0.4) is 0 Å². The fourth-order valence-corrected chi connectivity index (χ4v) is 2.88. The molecule has 0 aromatic heterocycles. The van der Waals surface area contributed by atoms with Crippen molar-refractivity contribution in [2.45, 2.75) is 37.1 Å². The van der Waals surface area contributed by atoms with Crippen LogP contribution in [-0.4, -0.2) is 30.9 Å². The first-order valence-electron chi connectivity index (χ1n) is 6.76. The molecule has 0 spiro atoms. The Kier molecular flexibility index (Phi) is 7.62. The van der Waals surface area contributed by atoms with Crippen LogP contribution in [0.1, 0.15) is 26.7 Å². The molecule has 0 fully saturated rings. The van der Waals surface area contributed by atoms with Gasteiger partial charge in [0.1, 0.15) is 5.54 Å². The second-order valence-corrected chi connectivity index (χ2v) is 6.79. The molecule has 0 aliphatic carbocycles. The molecule has 0 amide bonds. The average Bonchev–Trinajstić information content (AvgIpc) is 2.45. The van der Waals surface area contributed by atoms with Gasteiger partial charge in [0.25, 0.3) is 0 Å². The quantitative estimate of drug-likeness (QED) is 0.434. The lowest BCUT2D eigenvalue weighted by Gasteiger charge is -2.26. The van der Waals surface area contributed by atoms with Crippen molar-refractivity contribution in [2.75, 3.05) is 19.4 Å². The van der Waals surface area contributed by atoms with Gasteiger partial charge in [-0.2, -0.15) is 0 Å². The van der Waals surface area contributed by atoms with Gasteiger partial charge in [-0.05, 0) is 63.8 Å². The SMILES string of the molecule is CCOC(=O)C(C)(CCCSc1ccc(Br)cc1)NC. The number of carbonyl (C=O) groups excluding carboxylic acids is 1. The number of benzene rings is 1. The van der Waals surface area contributed by atoms with Crippen LogP contribution in [0.2, 0.25) is 0 Å². The maximum absolute atomic E-state index is 11.9. The topological polar surface area (TPSA) is 38.3 Å². The van der Waals surface area contributed by atoms with Crippen molar-refractivity contribution in [3.63, 3.8) is 0 Å². The summed E-state index contributed by atoms with van der Waals surface area (Å²) in [5, 5.41) is 3.08. The molecule has 0 saturated heterocycles. The van der Waals surface area contributed by atoms with Crippen molar-refractivity contribution in [1.82, 2.24) is 5.32 Å². The van der Waals surface area contributed by atoms with E-state index in [4.69, 9.17) is 4.74 Å². The van der Waals surface area contributed by atoms with Crippen molar-refractivity contribution >= 4 is 33.7 Å². The molecule has 0 aliphatic heterocycles. The molecule has 0 radical (unpaired) electrons. The predicted octanol–water partition coefficient (Wildman–Crippen LogP) is 3.86. The Bertz CT molecular complexity index is 424. The van der Waals surface area contributed by atoms with Crippen molar-refractivity contribution in [3.8, 4) is 0 Å². The number of halogens is 1. The van der Waals surface area contributed by atoms with E-state index in [-0.39, 0.29) is 5.97 Å². The minimum absolute atomic E-state index is 0.170. The number of likely N-dealkylation sites (N-methyl/N-ethyl adjacent to an activating group) is 1. The van der Waals surface area contributed by atoms with Crippen LogP contribution < -0.4 is 5.32 Å². The van der Waals surface area contributed by atoms with E-state index in [1.165, 1.54) is 4.90 Å². The van der Waals surface area contributed by atoms with Gasteiger partial charge in [0, 0.05) is 9.37 Å². The van der Waals surface area contributed by atoms with Crippen molar-refractivity contribution in [2.24, 2.45) is 0 Å². The number of hydrogen-bond acceptors (Lipinski definition) is 4. The van der Waals surface area contributed by atoms with Gasteiger partial charge in [-0.1, -0.05) is 15.9 Å². The molecular weight excluding hydrogens is 338 g/mol. The highest BCUT2D eigenvalue weighted by Crippen LogP contribution is 2.23. The number of esters is 1. The molecule has 112 valence electrons. The largest absolute Gasteiger partial charge is 0.465 e. The molecule has 0 saturated carbocycles. The van der Waals surface area contributed by atoms with Crippen LogP contribution in [0.15, 0.2) is 33.6 Å². The summed E-state index contributed by atoms with van der Waals surface area (Å²) in [4.78, 5) is 13.1. The van der Waals surface area contributed by atoms with Crippen LogP contribution in [0.25, 0.3) is 0 Å². The van der Waals surface area contributed by atoms with E-state index in [2.05, 4.69) is 33.4 Å². The van der Waals surface area contributed by atoms with Gasteiger partial charge < -0.3 is 10.1 Å². The molecule has 0 heterocycles. The molecule has 1 unspecified atom stereocenters. The molecular formula is C15H22BrNO2S. The first-order valence-corrected chi connectivity index (χ1v) is 8.54. The molecule has 3 nitrogen and oxygen atoms in total. The van der Waals surface area contributed by atoms with Gasteiger partial charge in [-0.25, -0.2) is 0 Å². The highest BCUT2D eigenvalue weighted by molar-refractivity contribution is 9.10. The summed E-state index contributed by atoms with van der Waals surface area (Å²) >= 11 is 5.23. The molecule has 1 rings (SSSR count). The summed E-state index contributed by atoms with van der Waals surface area (Å²) in [5.41, 5.74) is -0.587. The van der Waals surface area contributed by atoms with Gasteiger partial charge in [-0.15, -0.1) is 11.8 Å². The van der Waals surface area contributed by atoms with E-state index in [1.807, 2.05) is 26.0 Å². The third-order valence-corrected chi connectivity index (χ3v) is 4.81. The number of rotatable bonds is 8. The van der Waals surface area contributed by atoms with Gasteiger partial charge in [0.2, 0.25) is 0 Å². The smallest absolute Gasteiger partial charge is 0.326 e. The van der Waals surface area contributed by atoms with Crippen LogP contribution in [0.5, 0.6) is 0 Å². The Morgan fingerprint density at radius 1 is 1.40 bits per heavy atom. The number of carbonyl (C=O) groups is 1. The maximum atomic E-state index is 11.9. The van der Waals surface area contributed by atoms with Crippen LogP contribution in [-0.2, 0) is 9.53 Å². The Labute approximate surface area is 134 Å². The minimum atomic E-state index is -0.587. The normalized spacial score (nSPS) is 13.8. The summed E-state index contributed by atoms with van der Waals surface area (Å²) in [6.07, 6.45) is 1.72. The van der Waals surface area contributed by atoms with Gasteiger partial charge >= 0.3 is 5.97 Å². The average molecular weight is 360 g/mol. The lowest BCUT2D eigenvalue weighted by Crippen LogP contribution is -2.48. The van der Waals surface area contributed by atoms with E-state index >= 15 is 0 Å². The molecule has 0 aliphatic rings. The summed E-state index contributed by atoms with van der Waals surface area (Å²) in [5.74, 6) is 0.814. The Morgan fingerprint density at radius 3 is 2.60 bits per heavy atom. The Morgan fingerprint density at radius 2 is 2.05 bits per heavy atom. The Balaban J connectivity index is 2.38. The van der Waals surface area contributed by atoms with Crippen molar-refractivity contribution in [3.05, 3.63) is 28.7 Å². The third-order valence-electron chi connectivity index (χ3n) is 3.18. The number of nitrogens with one attached hydrogen (secondary N) is 1. The lowest BCUT2D eigenvalue weighted by atomic mass is 9.97. The number of hydrogen-bond donors (Lipinski definition) is 1. The van der Waals surface area contributed by atoms with Crippen LogP contribution in [0.4, 0.5) is 0 Å². The van der Waals surface area contributed by atoms with E-state index < -0.39 is 5.54 Å². The molecule has 1 aromatic rings. The third kappa shape index (κ3) is 5.46. The summed E-state index contributed by atoms with van der Waals surface area (Å²) in [6.45, 7) is 4.15. The van der Waals surface area contributed by atoms with Gasteiger partial charge in [-0.3, -0.25) is 4.79 Å². The fourth-order valence-electron chi connectivity index (χ4n) is 1.77. The van der Waals surface area contributed by atoms with E-state index in [1.54, 1.807) is 18.8 Å². The van der Waals surface area contributed by atoms with E-state index in [0.717, 1.165) is 23.1 Å². The lowest BCUT2D eigenvalue weighted by molar-refractivity contribution is -0.150. The molecule has 1 atom stereocenters. The van der Waals surface area contributed by atoms with Gasteiger partial charge in [0.15, 0.2) is 0 Å². The fraction of sp³-hybridized carbons (Fsp3) is 0.533. The van der Waals surface area contributed by atoms with Crippen LogP contribution >= 0.6 is 27.7 Å². The second-order valence-electron chi connectivity index (χ2n) is 4.71. The first-order chi connectivity index (χ1) is 9.51. The molecule has 20 heavy (non-hydrogen) atoms. The molecule has 5 heteroatoms. The summed E-state index contributed by atoms with van der Waals surface area (Å²) in [6, 6.07) is 8.27. The highest BCUT2D eigenvalue weighted by Gasteiger charge is 2.32. The van der Waals surface area contributed by atoms with Gasteiger partial charge in [0.05, 0.1) is 6.61 Å². The van der Waals surface area contributed by atoms with E-state index in [0.29, 0.717) is 6.61 Å². The molecule has 0 bridgehead atoms. The van der Waals surface area contributed by atoms with E-state index in [9.17, 15) is 4.79 Å². The monoisotopic (exact) mass is 359 g/mol. The summed E-state index contributed by atoms with van der Waals surface area (Å²) < 4.78 is 6.20. The molecule has 1 aromatic carbocycles. The maximum Gasteiger partial charge on any atom is 0.326 e. The zero-order valence-electron chi connectivity index (χ0n) is 12.2. The number of thioether (sulfide) groups is 1. The first kappa shape index (κ1) is 17.5. The highest BCUT2D eigenvalue weighted by atomic mass is 79.9. The van der Waals surface area contributed by atoms with Crippen molar-refractivity contribution in [1.29, 1.82) is 0 Å². The number of ether oxygens (including phenoxy) is 1.